The van der Waals surface area contributed by atoms with Crippen molar-refractivity contribution >= 4 is 11.8 Å². The highest BCUT2D eigenvalue weighted by Crippen LogP contribution is 2.35. The number of para-hydroxylation sites is 2. The second-order valence-corrected chi connectivity index (χ2v) is 6.40. The number of carbonyl (C=O) groups excluding carboxylic acids is 1. The van der Waals surface area contributed by atoms with E-state index >= 15 is 0 Å². The van der Waals surface area contributed by atoms with Gasteiger partial charge in [-0.15, -0.1) is 0 Å². The number of aliphatic carboxylic acids is 1. The normalized spacial score (nSPS) is 11.7. The Labute approximate surface area is 171 Å². The van der Waals surface area contributed by atoms with Gasteiger partial charge in [-0.2, -0.15) is 9.78 Å². The maximum atomic E-state index is 14.5. The predicted octanol–water partition coefficient (Wildman–Crippen LogP) is 3.15. The molecule has 2 N–H and O–H groups in total. The van der Waals surface area contributed by atoms with Gasteiger partial charge in [0, 0.05) is 6.07 Å². The Balaban J connectivity index is 2.24. The van der Waals surface area contributed by atoms with Crippen LogP contribution in [0.2, 0.25) is 0 Å². The average Bonchev–Trinajstić information content (AvgIpc) is 3.09. The molecule has 0 saturated carbocycles. The summed E-state index contributed by atoms with van der Waals surface area (Å²) in [6.45, 7) is 1.32. The number of carboxylic acids is 1. The number of nitrogens with zero attached hydrogens (tertiary/aromatic N) is 2. The number of halogens is 1. The van der Waals surface area contributed by atoms with Crippen LogP contribution in [-0.2, 0) is 4.79 Å². The molecule has 0 radical (unpaired) electrons. The summed E-state index contributed by atoms with van der Waals surface area (Å²) in [6.07, 6.45) is 0. The van der Waals surface area contributed by atoms with E-state index in [1.807, 2.05) is 0 Å². The van der Waals surface area contributed by atoms with Crippen molar-refractivity contribution in [3.05, 3.63) is 65.1 Å². The van der Waals surface area contributed by atoms with Gasteiger partial charge in [-0.25, -0.2) is 4.39 Å². The lowest BCUT2D eigenvalue weighted by Crippen LogP contribution is -2.14. The van der Waals surface area contributed by atoms with Crippen molar-refractivity contribution in [2.24, 2.45) is 0 Å². The zero-order chi connectivity index (χ0) is 22.0. The van der Waals surface area contributed by atoms with E-state index in [0.717, 1.165) is 10.7 Å². The van der Waals surface area contributed by atoms with Crippen LogP contribution in [-0.4, -0.2) is 46.0 Å². The van der Waals surface area contributed by atoms with Crippen molar-refractivity contribution in [3.63, 3.8) is 0 Å². The van der Waals surface area contributed by atoms with Crippen LogP contribution in [0, 0.1) is 5.82 Å². The molecule has 3 aromatic rings. The molecule has 9 heteroatoms. The predicted molar refractivity (Wildman–Crippen MR) is 104 cm³/mol. The van der Waals surface area contributed by atoms with E-state index < -0.39 is 34.9 Å². The lowest BCUT2D eigenvalue weighted by molar-refractivity contribution is -0.138. The molecule has 1 atom stereocenters. The molecule has 30 heavy (non-hydrogen) atoms. The second kappa shape index (κ2) is 8.24. The lowest BCUT2D eigenvalue weighted by Gasteiger charge is -2.09. The third kappa shape index (κ3) is 3.57. The van der Waals surface area contributed by atoms with Crippen molar-refractivity contribution in [1.82, 2.24) is 9.78 Å². The summed E-state index contributed by atoms with van der Waals surface area (Å²) in [7, 11) is 2.77. The zero-order valence-electron chi connectivity index (χ0n) is 16.4. The van der Waals surface area contributed by atoms with E-state index in [9.17, 15) is 24.2 Å². The Morgan fingerprint density at radius 1 is 1.13 bits per heavy atom. The molecule has 0 saturated heterocycles. The van der Waals surface area contributed by atoms with Crippen molar-refractivity contribution in [2.75, 3.05) is 14.2 Å². The molecule has 0 amide bonds. The minimum absolute atomic E-state index is 0.203. The summed E-state index contributed by atoms with van der Waals surface area (Å²) in [5, 5.41) is 24.4. The number of benzene rings is 2. The summed E-state index contributed by atoms with van der Waals surface area (Å²) in [6, 6.07) is 10.1. The monoisotopic (exact) mass is 414 g/mol. The molecule has 0 aliphatic heterocycles. The summed E-state index contributed by atoms with van der Waals surface area (Å²) < 4.78 is 25.7. The standard InChI is InChI=1S/C21H19FN2O6/c1-11(21(27)28)18-17(19(25)13-9-8-12(29-2)10-14(13)22)20(26)24(23-18)15-6-4-5-7-16(15)30-3/h4-11,26H,1-3H3,(H,27,28). The lowest BCUT2D eigenvalue weighted by atomic mass is 9.97. The van der Waals surface area contributed by atoms with Gasteiger partial charge in [0.2, 0.25) is 11.7 Å². The van der Waals surface area contributed by atoms with Crippen LogP contribution in [0.4, 0.5) is 4.39 Å². The Morgan fingerprint density at radius 3 is 2.43 bits per heavy atom. The Morgan fingerprint density at radius 2 is 1.83 bits per heavy atom. The Hall–Kier alpha value is -3.88. The largest absolute Gasteiger partial charge is 0.497 e. The second-order valence-electron chi connectivity index (χ2n) is 6.40. The third-order valence-corrected chi connectivity index (χ3v) is 4.63. The summed E-state index contributed by atoms with van der Waals surface area (Å²) >= 11 is 0. The van der Waals surface area contributed by atoms with Gasteiger partial charge >= 0.3 is 5.97 Å². The van der Waals surface area contributed by atoms with E-state index in [1.165, 1.54) is 33.3 Å². The molecule has 0 spiro atoms. The first-order valence-corrected chi connectivity index (χ1v) is 8.86. The molecule has 0 aliphatic rings. The van der Waals surface area contributed by atoms with Gasteiger partial charge in [-0.3, -0.25) is 9.59 Å². The fraction of sp³-hybridized carbons (Fsp3) is 0.190. The number of carbonyl (C=O) groups is 2. The molecular formula is C21H19FN2O6. The molecule has 8 nitrogen and oxygen atoms in total. The number of aromatic nitrogens is 2. The molecule has 1 aromatic heterocycles. The topological polar surface area (TPSA) is 111 Å². The molecule has 1 heterocycles. The highest BCUT2D eigenvalue weighted by molar-refractivity contribution is 6.12. The van der Waals surface area contributed by atoms with Gasteiger partial charge in [0.15, 0.2) is 0 Å². The van der Waals surface area contributed by atoms with Crippen molar-refractivity contribution in [2.45, 2.75) is 12.8 Å². The molecule has 3 rings (SSSR count). The maximum absolute atomic E-state index is 14.5. The summed E-state index contributed by atoms with van der Waals surface area (Å²) in [5.41, 5.74) is -0.680. The van der Waals surface area contributed by atoms with Crippen LogP contribution in [0.3, 0.4) is 0 Å². The first-order valence-electron chi connectivity index (χ1n) is 8.86. The number of carboxylic acid groups (broad SMARTS) is 1. The van der Waals surface area contributed by atoms with Crippen molar-refractivity contribution < 1.29 is 33.7 Å². The van der Waals surface area contributed by atoms with Gasteiger partial charge in [-0.1, -0.05) is 12.1 Å². The minimum atomic E-state index is -1.26. The van der Waals surface area contributed by atoms with Crippen LogP contribution in [0.15, 0.2) is 42.5 Å². The first-order chi connectivity index (χ1) is 14.3. The number of ether oxygens (including phenoxy) is 2. The number of methoxy groups -OCH3 is 2. The van der Waals surface area contributed by atoms with Crippen molar-refractivity contribution in [3.8, 4) is 23.1 Å². The number of ketones is 1. The Kier molecular flexibility index (Phi) is 5.72. The van der Waals surface area contributed by atoms with Crippen LogP contribution < -0.4 is 9.47 Å². The smallest absolute Gasteiger partial charge is 0.312 e. The van der Waals surface area contributed by atoms with Gasteiger partial charge in [-0.05, 0) is 31.2 Å². The highest BCUT2D eigenvalue weighted by atomic mass is 19.1. The Bertz CT molecular complexity index is 1120. The average molecular weight is 414 g/mol. The third-order valence-electron chi connectivity index (χ3n) is 4.63. The molecule has 0 bridgehead atoms. The number of rotatable bonds is 7. The molecule has 1 unspecified atom stereocenters. The van der Waals surface area contributed by atoms with E-state index in [0.29, 0.717) is 5.75 Å². The number of aromatic hydroxyl groups is 1. The van der Waals surface area contributed by atoms with E-state index in [2.05, 4.69) is 5.10 Å². The van der Waals surface area contributed by atoms with E-state index in [-0.39, 0.29) is 22.7 Å². The maximum Gasteiger partial charge on any atom is 0.312 e. The van der Waals surface area contributed by atoms with Crippen LogP contribution >= 0.6 is 0 Å². The zero-order valence-corrected chi connectivity index (χ0v) is 16.4. The molecule has 0 fully saturated rings. The van der Waals surface area contributed by atoms with Gasteiger partial charge in [0.1, 0.15) is 28.6 Å². The summed E-state index contributed by atoms with van der Waals surface area (Å²) in [5.74, 6) is -4.37. The van der Waals surface area contributed by atoms with Crippen LogP contribution in [0.5, 0.6) is 17.4 Å². The molecule has 2 aromatic carbocycles. The first kappa shape index (κ1) is 20.8. The number of hydrogen-bond donors (Lipinski definition) is 2. The van der Waals surface area contributed by atoms with Crippen LogP contribution in [0.25, 0.3) is 5.69 Å². The minimum Gasteiger partial charge on any atom is -0.497 e. The van der Waals surface area contributed by atoms with E-state index in [4.69, 9.17) is 9.47 Å². The fourth-order valence-electron chi connectivity index (χ4n) is 2.98. The molecule has 0 aliphatic carbocycles. The van der Waals surface area contributed by atoms with Gasteiger partial charge < -0.3 is 19.7 Å². The fourth-order valence-corrected chi connectivity index (χ4v) is 2.98. The highest BCUT2D eigenvalue weighted by Gasteiger charge is 2.32. The van der Waals surface area contributed by atoms with Crippen LogP contribution in [0.1, 0.15) is 34.5 Å². The molecule has 156 valence electrons. The van der Waals surface area contributed by atoms with Gasteiger partial charge in [0.25, 0.3) is 0 Å². The van der Waals surface area contributed by atoms with Crippen molar-refractivity contribution in [1.29, 1.82) is 0 Å². The molecular weight excluding hydrogens is 395 g/mol. The van der Waals surface area contributed by atoms with E-state index in [1.54, 1.807) is 24.3 Å². The quantitative estimate of drug-likeness (QED) is 0.571. The van der Waals surface area contributed by atoms with Gasteiger partial charge in [0.05, 0.1) is 31.4 Å². The number of hydrogen-bond acceptors (Lipinski definition) is 6. The SMILES string of the molecule is COc1ccc(C(=O)c2c(C(C)C(=O)O)nn(-c3ccccc3OC)c2O)c(F)c1. The summed E-state index contributed by atoms with van der Waals surface area (Å²) in [4.78, 5) is 24.7.